The minimum atomic E-state index is -0.238. The summed E-state index contributed by atoms with van der Waals surface area (Å²) in [7, 11) is 0. The minimum Gasteiger partial charge on any atom is -0.396 e. The van der Waals surface area contributed by atoms with Crippen LogP contribution in [0.4, 0.5) is 5.69 Å². The van der Waals surface area contributed by atoms with E-state index in [-0.39, 0.29) is 24.5 Å². The normalized spacial score (nSPS) is 11.7. The largest absolute Gasteiger partial charge is 0.396 e. The van der Waals surface area contributed by atoms with Gasteiger partial charge in [0.15, 0.2) is 0 Å². The molecule has 1 aromatic heterocycles. The van der Waals surface area contributed by atoms with E-state index in [1.807, 2.05) is 12.3 Å². The maximum Gasteiger partial charge on any atom is 0.265 e. The first-order chi connectivity index (χ1) is 11.1. The number of para-hydroxylation sites is 1. The number of anilines is 1. The van der Waals surface area contributed by atoms with E-state index in [2.05, 4.69) is 10.6 Å². The van der Waals surface area contributed by atoms with Crippen LogP contribution in [0.3, 0.4) is 0 Å². The van der Waals surface area contributed by atoms with Gasteiger partial charge in [-0.2, -0.15) is 0 Å². The van der Waals surface area contributed by atoms with E-state index in [9.17, 15) is 9.59 Å². The van der Waals surface area contributed by atoms with Gasteiger partial charge in [0.25, 0.3) is 11.8 Å². The number of hydrogen-bond acceptors (Lipinski definition) is 4. The summed E-state index contributed by atoms with van der Waals surface area (Å²) in [5.41, 5.74) is 0.908. The van der Waals surface area contributed by atoms with E-state index in [1.54, 1.807) is 36.4 Å². The van der Waals surface area contributed by atoms with Gasteiger partial charge in [-0.15, -0.1) is 11.3 Å². The zero-order chi connectivity index (χ0) is 16.7. The Hall–Kier alpha value is -2.18. The van der Waals surface area contributed by atoms with Crippen molar-refractivity contribution in [1.29, 1.82) is 0 Å². The fraction of sp³-hybridized carbons (Fsp3) is 0.294. The van der Waals surface area contributed by atoms with E-state index in [0.717, 1.165) is 0 Å². The highest BCUT2D eigenvalue weighted by molar-refractivity contribution is 7.12. The molecule has 1 unspecified atom stereocenters. The summed E-state index contributed by atoms with van der Waals surface area (Å²) in [6, 6.07) is 10.4. The van der Waals surface area contributed by atoms with Crippen LogP contribution in [0.25, 0.3) is 0 Å². The van der Waals surface area contributed by atoms with Gasteiger partial charge >= 0.3 is 0 Å². The van der Waals surface area contributed by atoms with Crippen LogP contribution in [0, 0.1) is 0 Å². The molecule has 5 nitrogen and oxygen atoms in total. The lowest BCUT2D eigenvalue weighted by Crippen LogP contribution is -2.33. The summed E-state index contributed by atoms with van der Waals surface area (Å²) < 4.78 is 0. The van der Waals surface area contributed by atoms with Gasteiger partial charge in [-0.05, 0) is 43.3 Å². The van der Waals surface area contributed by atoms with Crippen LogP contribution in [0.2, 0.25) is 0 Å². The molecule has 122 valence electrons. The summed E-state index contributed by atoms with van der Waals surface area (Å²) in [5.74, 6) is -0.467. The SMILES string of the molecule is CC(CCCO)NC(=O)c1ccccc1NC(=O)c1cccs1. The number of carbonyl (C=O) groups excluding carboxylic acids is 2. The smallest absolute Gasteiger partial charge is 0.265 e. The second-order valence-electron chi connectivity index (χ2n) is 5.22. The van der Waals surface area contributed by atoms with Gasteiger partial charge in [-0.3, -0.25) is 9.59 Å². The summed E-state index contributed by atoms with van der Waals surface area (Å²) >= 11 is 1.35. The number of carbonyl (C=O) groups is 2. The van der Waals surface area contributed by atoms with E-state index in [1.165, 1.54) is 11.3 Å². The van der Waals surface area contributed by atoms with E-state index in [4.69, 9.17) is 5.11 Å². The molecule has 0 aliphatic heterocycles. The molecule has 2 aromatic rings. The fourth-order valence-corrected chi connectivity index (χ4v) is 2.77. The Morgan fingerprint density at radius 3 is 2.65 bits per heavy atom. The molecule has 6 heteroatoms. The highest BCUT2D eigenvalue weighted by Gasteiger charge is 2.16. The van der Waals surface area contributed by atoms with Crippen molar-refractivity contribution in [2.24, 2.45) is 0 Å². The predicted octanol–water partition coefficient (Wildman–Crippen LogP) is 2.89. The molecule has 23 heavy (non-hydrogen) atoms. The van der Waals surface area contributed by atoms with Gasteiger partial charge in [0.05, 0.1) is 16.1 Å². The lowest BCUT2D eigenvalue weighted by Gasteiger charge is -2.15. The molecule has 0 spiro atoms. The van der Waals surface area contributed by atoms with Gasteiger partial charge in [0, 0.05) is 12.6 Å². The average Bonchev–Trinajstić information content (AvgIpc) is 3.08. The lowest BCUT2D eigenvalue weighted by molar-refractivity contribution is 0.0937. The van der Waals surface area contributed by atoms with Crippen molar-refractivity contribution >= 4 is 28.8 Å². The number of aliphatic hydroxyl groups excluding tert-OH is 1. The van der Waals surface area contributed by atoms with Crippen LogP contribution >= 0.6 is 11.3 Å². The zero-order valence-corrected chi connectivity index (χ0v) is 13.7. The molecule has 1 aromatic carbocycles. The van der Waals surface area contributed by atoms with Gasteiger partial charge in [0.1, 0.15) is 0 Å². The molecule has 2 rings (SSSR count). The maximum absolute atomic E-state index is 12.4. The summed E-state index contributed by atoms with van der Waals surface area (Å²) in [5, 5.41) is 16.3. The predicted molar refractivity (Wildman–Crippen MR) is 92.0 cm³/mol. The van der Waals surface area contributed by atoms with Crippen molar-refractivity contribution in [1.82, 2.24) is 5.32 Å². The first kappa shape index (κ1) is 17.2. The number of rotatable bonds is 7. The summed E-state index contributed by atoms with van der Waals surface area (Å²) in [6.07, 6.45) is 1.34. The van der Waals surface area contributed by atoms with Crippen LogP contribution in [-0.2, 0) is 0 Å². The molecule has 0 radical (unpaired) electrons. The maximum atomic E-state index is 12.4. The molecular formula is C17H20N2O3S. The van der Waals surface area contributed by atoms with Crippen molar-refractivity contribution in [3.05, 3.63) is 52.2 Å². The highest BCUT2D eigenvalue weighted by Crippen LogP contribution is 2.18. The number of thiophene rings is 1. The number of nitrogens with one attached hydrogen (secondary N) is 2. The molecule has 0 saturated carbocycles. The molecule has 1 heterocycles. The van der Waals surface area contributed by atoms with Gasteiger partial charge in [0.2, 0.25) is 0 Å². The monoisotopic (exact) mass is 332 g/mol. The molecule has 0 aliphatic rings. The third kappa shape index (κ3) is 4.91. The Kier molecular flexibility index (Phi) is 6.31. The van der Waals surface area contributed by atoms with E-state index < -0.39 is 0 Å². The van der Waals surface area contributed by atoms with Crippen LogP contribution in [0.15, 0.2) is 41.8 Å². The first-order valence-electron chi connectivity index (χ1n) is 7.47. The highest BCUT2D eigenvalue weighted by atomic mass is 32.1. The van der Waals surface area contributed by atoms with Gasteiger partial charge in [-0.1, -0.05) is 18.2 Å². The van der Waals surface area contributed by atoms with Crippen molar-refractivity contribution < 1.29 is 14.7 Å². The molecule has 0 aliphatic carbocycles. The molecule has 0 fully saturated rings. The van der Waals surface area contributed by atoms with Crippen molar-refractivity contribution in [2.45, 2.75) is 25.8 Å². The average molecular weight is 332 g/mol. The van der Waals surface area contributed by atoms with Crippen molar-refractivity contribution in [3.63, 3.8) is 0 Å². The molecule has 0 bridgehead atoms. The second-order valence-corrected chi connectivity index (χ2v) is 6.17. The Bertz CT molecular complexity index is 656. The van der Waals surface area contributed by atoms with E-state index in [0.29, 0.717) is 29.0 Å². The quantitative estimate of drug-likeness (QED) is 0.729. The number of aliphatic hydroxyl groups is 1. The second kappa shape index (κ2) is 8.45. The topological polar surface area (TPSA) is 78.4 Å². The summed E-state index contributed by atoms with van der Waals surface area (Å²) in [6.45, 7) is 1.99. The van der Waals surface area contributed by atoms with Crippen molar-refractivity contribution in [2.75, 3.05) is 11.9 Å². The molecule has 2 amide bonds. The molecule has 3 N–H and O–H groups in total. The molecule has 0 saturated heterocycles. The minimum absolute atomic E-state index is 0.0456. The van der Waals surface area contributed by atoms with Gasteiger partial charge in [-0.25, -0.2) is 0 Å². The third-order valence-corrected chi connectivity index (χ3v) is 4.21. The number of hydrogen-bond donors (Lipinski definition) is 3. The molecule has 1 atom stereocenters. The standard InChI is InChI=1S/C17H20N2O3S/c1-12(6-4-10-20)18-16(21)13-7-2-3-8-14(13)19-17(22)15-9-5-11-23-15/h2-3,5,7-9,11-12,20H,4,6,10H2,1H3,(H,18,21)(H,19,22). The number of amides is 2. The van der Waals surface area contributed by atoms with Gasteiger partial charge < -0.3 is 15.7 Å². The van der Waals surface area contributed by atoms with Crippen LogP contribution in [-0.4, -0.2) is 29.6 Å². The van der Waals surface area contributed by atoms with Crippen LogP contribution in [0.5, 0.6) is 0 Å². The third-order valence-electron chi connectivity index (χ3n) is 3.34. The van der Waals surface area contributed by atoms with Crippen LogP contribution in [0.1, 0.15) is 39.8 Å². The first-order valence-corrected chi connectivity index (χ1v) is 8.35. The summed E-state index contributed by atoms with van der Waals surface area (Å²) in [4.78, 5) is 25.1. The number of benzene rings is 1. The Balaban J connectivity index is 2.07. The zero-order valence-electron chi connectivity index (χ0n) is 12.9. The molecular weight excluding hydrogens is 312 g/mol. The van der Waals surface area contributed by atoms with E-state index >= 15 is 0 Å². The van der Waals surface area contributed by atoms with Crippen molar-refractivity contribution in [3.8, 4) is 0 Å². The Labute approximate surface area is 139 Å². The van der Waals surface area contributed by atoms with Crippen LogP contribution < -0.4 is 10.6 Å². The Morgan fingerprint density at radius 2 is 1.96 bits per heavy atom. The Morgan fingerprint density at radius 1 is 1.17 bits per heavy atom. The lowest BCUT2D eigenvalue weighted by atomic mass is 10.1. The fourth-order valence-electron chi connectivity index (χ4n) is 2.15.